The van der Waals surface area contributed by atoms with Crippen LogP contribution in [0.15, 0.2) is 53.7 Å². The smallest absolute Gasteiger partial charge is 0.280 e. The van der Waals surface area contributed by atoms with Gasteiger partial charge >= 0.3 is 0 Å². The van der Waals surface area contributed by atoms with Gasteiger partial charge in [0.2, 0.25) is 0 Å². The van der Waals surface area contributed by atoms with Crippen LogP contribution >= 0.6 is 0 Å². The summed E-state index contributed by atoms with van der Waals surface area (Å²) in [6.07, 6.45) is 1.49. The van der Waals surface area contributed by atoms with Gasteiger partial charge in [-0.15, -0.1) is 0 Å². The number of nitrogens with zero attached hydrogens (tertiary/aromatic N) is 3. The van der Waals surface area contributed by atoms with E-state index < -0.39 is 10.0 Å². The first-order chi connectivity index (χ1) is 14.3. The average molecular weight is 420 g/mol. The molecule has 3 aromatic heterocycles. The van der Waals surface area contributed by atoms with E-state index in [9.17, 15) is 8.42 Å². The molecule has 0 saturated carbocycles. The van der Waals surface area contributed by atoms with E-state index in [0.717, 1.165) is 33.2 Å². The molecule has 0 atom stereocenters. The van der Waals surface area contributed by atoms with Crippen molar-refractivity contribution >= 4 is 37.5 Å². The zero-order valence-electron chi connectivity index (χ0n) is 16.7. The zero-order valence-corrected chi connectivity index (χ0v) is 17.5. The SMILES string of the molecule is Cc1ccc2cc(-c3n[nH]c4ccc(NS(=O)(=O)c5cn(C)c(C)n5)cc34)[nH]c2c1. The number of rotatable bonds is 4. The fraction of sp³-hybridized carbons (Fsp3) is 0.143. The maximum Gasteiger partial charge on any atom is 0.280 e. The van der Waals surface area contributed by atoms with E-state index in [1.54, 1.807) is 36.7 Å². The molecule has 8 nitrogen and oxygen atoms in total. The van der Waals surface area contributed by atoms with Crippen molar-refractivity contribution in [3.05, 3.63) is 60.0 Å². The molecule has 5 rings (SSSR count). The van der Waals surface area contributed by atoms with Crippen molar-refractivity contribution in [1.29, 1.82) is 0 Å². The number of hydrogen-bond donors (Lipinski definition) is 3. The Balaban J connectivity index is 1.55. The molecule has 0 bridgehead atoms. The number of sulfonamides is 1. The summed E-state index contributed by atoms with van der Waals surface area (Å²) in [5.41, 5.74) is 5.06. The van der Waals surface area contributed by atoms with Crippen molar-refractivity contribution in [2.45, 2.75) is 18.9 Å². The molecule has 30 heavy (non-hydrogen) atoms. The molecule has 9 heteroatoms. The van der Waals surface area contributed by atoms with E-state index in [2.05, 4.69) is 43.1 Å². The van der Waals surface area contributed by atoms with E-state index in [-0.39, 0.29) is 5.03 Å². The Morgan fingerprint density at radius 3 is 2.63 bits per heavy atom. The van der Waals surface area contributed by atoms with E-state index in [1.165, 1.54) is 11.8 Å². The number of aryl methyl sites for hydroxylation is 3. The van der Waals surface area contributed by atoms with E-state index in [1.807, 2.05) is 13.0 Å². The topological polar surface area (TPSA) is 108 Å². The molecular weight excluding hydrogens is 400 g/mol. The third-order valence-electron chi connectivity index (χ3n) is 5.21. The van der Waals surface area contributed by atoms with Crippen molar-refractivity contribution < 1.29 is 8.42 Å². The lowest BCUT2D eigenvalue weighted by Crippen LogP contribution is -2.13. The van der Waals surface area contributed by atoms with Crippen molar-refractivity contribution in [3.63, 3.8) is 0 Å². The maximum atomic E-state index is 12.7. The molecule has 0 saturated heterocycles. The Morgan fingerprint density at radius 1 is 1.03 bits per heavy atom. The fourth-order valence-electron chi connectivity index (χ4n) is 3.51. The molecule has 2 aromatic carbocycles. The number of benzene rings is 2. The summed E-state index contributed by atoms with van der Waals surface area (Å²) < 4.78 is 29.7. The highest BCUT2D eigenvalue weighted by atomic mass is 32.2. The van der Waals surface area contributed by atoms with Gasteiger partial charge in [-0.25, -0.2) is 4.98 Å². The average Bonchev–Trinajstić information content (AvgIpc) is 3.38. The van der Waals surface area contributed by atoms with Crippen LogP contribution in [0.3, 0.4) is 0 Å². The Labute approximate surface area is 173 Å². The van der Waals surface area contributed by atoms with Crippen LogP contribution in [-0.2, 0) is 17.1 Å². The van der Waals surface area contributed by atoms with Gasteiger partial charge in [0.1, 0.15) is 11.5 Å². The predicted octanol–water partition coefficient (Wildman–Crippen LogP) is 3.86. The fourth-order valence-corrected chi connectivity index (χ4v) is 4.61. The number of aromatic nitrogens is 5. The van der Waals surface area contributed by atoms with Crippen LogP contribution in [0.4, 0.5) is 5.69 Å². The lowest BCUT2D eigenvalue weighted by Gasteiger charge is -2.06. The van der Waals surface area contributed by atoms with E-state index in [4.69, 9.17) is 0 Å². The summed E-state index contributed by atoms with van der Waals surface area (Å²) in [6, 6.07) is 13.5. The molecule has 0 aliphatic heterocycles. The second-order valence-electron chi connectivity index (χ2n) is 7.45. The molecule has 152 valence electrons. The number of aromatic amines is 2. The van der Waals surface area contributed by atoms with Gasteiger partial charge in [0.15, 0.2) is 5.03 Å². The highest BCUT2D eigenvalue weighted by Crippen LogP contribution is 2.31. The normalized spacial score (nSPS) is 12.1. The molecule has 0 spiro atoms. The standard InChI is InChI=1S/C21H20N6O2S/c1-12-4-5-14-9-19(23-18(14)8-12)21-16-10-15(6-7-17(16)24-25-21)26-30(28,29)20-11-27(3)13(2)22-20/h4-11,23,26H,1-3H3,(H,24,25). The largest absolute Gasteiger partial charge is 0.353 e. The summed E-state index contributed by atoms with van der Waals surface area (Å²) in [6.45, 7) is 3.80. The van der Waals surface area contributed by atoms with Gasteiger partial charge in [0, 0.05) is 35.2 Å². The van der Waals surface area contributed by atoms with Crippen molar-refractivity contribution in [2.75, 3.05) is 4.72 Å². The number of imidazole rings is 1. The summed E-state index contributed by atoms with van der Waals surface area (Å²) in [4.78, 5) is 7.52. The van der Waals surface area contributed by atoms with Crippen molar-refractivity contribution in [2.24, 2.45) is 7.05 Å². The molecule has 5 aromatic rings. The number of H-pyrrole nitrogens is 2. The third kappa shape index (κ3) is 3.03. The summed E-state index contributed by atoms with van der Waals surface area (Å²) >= 11 is 0. The molecule has 3 heterocycles. The molecule has 0 radical (unpaired) electrons. The van der Waals surface area contributed by atoms with Crippen LogP contribution < -0.4 is 4.72 Å². The molecule has 0 fully saturated rings. The minimum absolute atomic E-state index is 0.0130. The van der Waals surface area contributed by atoms with Crippen LogP contribution in [0, 0.1) is 13.8 Å². The van der Waals surface area contributed by atoms with E-state index >= 15 is 0 Å². The van der Waals surface area contributed by atoms with Gasteiger partial charge in [0.25, 0.3) is 10.0 Å². The minimum Gasteiger partial charge on any atom is -0.353 e. The first-order valence-corrected chi connectivity index (χ1v) is 10.9. The van der Waals surface area contributed by atoms with Gasteiger partial charge < -0.3 is 9.55 Å². The summed E-state index contributed by atoms with van der Waals surface area (Å²) in [5.74, 6) is 0.622. The Bertz CT molecular complexity index is 1500. The number of nitrogens with one attached hydrogen (secondary N) is 3. The molecule has 0 unspecified atom stereocenters. The maximum absolute atomic E-state index is 12.7. The molecule has 0 amide bonds. The van der Waals surface area contributed by atoms with E-state index in [0.29, 0.717) is 11.5 Å². The Hall–Kier alpha value is -3.59. The molecule has 3 N–H and O–H groups in total. The molecule has 0 aliphatic rings. The number of hydrogen-bond acceptors (Lipinski definition) is 4. The summed E-state index contributed by atoms with van der Waals surface area (Å²) in [7, 11) is -2.03. The number of anilines is 1. The Morgan fingerprint density at radius 2 is 1.87 bits per heavy atom. The van der Waals surface area contributed by atoms with Crippen molar-refractivity contribution in [1.82, 2.24) is 24.7 Å². The van der Waals surface area contributed by atoms with Gasteiger partial charge in [0.05, 0.1) is 11.2 Å². The monoisotopic (exact) mass is 420 g/mol. The zero-order chi connectivity index (χ0) is 21.0. The minimum atomic E-state index is -3.79. The van der Waals surface area contributed by atoms with Crippen LogP contribution in [0.25, 0.3) is 33.2 Å². The van der Waals surface area contributed by atoms with Gasteiger partial charge in [-0.2, -0.15) is 13.5 Å². The lowest BCUT2D eigenvalue weighted by molar-refractivity contribution is 0.598. The van der Waals surface area contributed by atoms with Crippen LogP contribution in [-0.4, -0.2) is 33.2 Å². The second kappa shape index (κ2) is 6.46. The van der Waals surface area contributed by atoms with Gasteiger partial charge in [-0.1, -0.05) is 12.1 Å². The highest BCUT2D eigenvalue weighted by Gasteiger charge is 2.19. The summed E-state index contributed by atoms with van der Waals surface area (Å²) in [5, 5.41) is 9.35. The van der Waals surface area contributed by atoms with Crippen LogP contribution in [0.1, 0.15) is 11.4 Å². The van der Waals surface area contributed by atoms with Gasteiger partial charge in [-0.05, 0) is 49.7 Å². The molecular formula is C21H20N6O2S. The number of fused-ring (bicyclic) bond motifs is 2. The Kier molecular flexibility index (Phi) is 3.97. The second-order valence-corrected chi connectivity index (χ2v) is 9.08. The third-order valence-corrected chi connectivity index (χ3v) is 6.46. The predicted molar refractivity (Wildman–Crippen MR) is 117 cm³/mol. The van der Waals surface area contributed by atoms with Gasteiger partial charge in [-0.3, -0.25) is 9.82 Å². The van der Waals surface area contributed by atoms with Crippen LogP contribution in [0.2, 0.25) is 0 Å². The first kappa shape index (κ1) is 18.4. The molecule has 0 aliphatic carbocycles. The quantitative estimate of drug-likeness (QED) is 0.410. The lowest BCUT2D eigenvalue weighted by atomic mass is 10.1. The van der Waals surface area contributed by atoms with Crippen molar-refractivity contribution in [3.8, 4) is 11.4 Å². The van der Waals surface area contributed by atoms with Crippen LogP contribution in [0.5, 0.6) is 0 Å². The highest BCUT2D eigenvalue weighted by molar-refractivity contribution is 7.92. The first-order valence-electron chi connectivity index (χ1n) is 9.41.